The van der Waals surface area contributed by atoms with Crippen LogP contribution in [0.1, 0.15) is 20.3 Å². The fraction of sp³-hybridized carbons (Fsp3) is 0.467. The van der Waals surface area contributed by atoms with Crippen molar-refractivity contribution in [3.05, 3.63) is 27.7 Å². The maximum atomic E-state index is 12.0. The normalized spacial score (nSPS) is 13.1. The molecule has 0 saturated heterocycles. The average Bonchev–Trinajstić information content (AvgIpc) is 2.50. The third-order valence-electron chi connectivity index (χ3n) is 3.24. The molecule has 0 aliphatic heterocycles. The molecule has 5 nitrogen and oxygen atoms in total. The van der Waals surface area contributed by atoms with E-state index in [-0.39, 0.29) is 12.5 Å². The van der Waals surface area contributed by atoms with Crippen LogP contribution in [-0.4, -0.2) is 31.6 Å². The molecule has 0 bridgehead atoms. The summed E-state index contributed by atoms with van der Waals surface area (Å²) >= 11 is 9.14. The lowest BCUT2D eigenvalue weighted by molar-refractivity contribution is -0.146. The van der Waals surface area contributed by atoms with Gasteiger partial charge in [-0.15, -0.1) is 0 Å². The van der Waals surface area contributed by atoms with E-state index in [0.717, 1.165) is 6.42 Å². The highest BCUT2D eigenvalue weighted by atomic mass is 79.9. The van der Waals surface area contributed by atoms with Crippen LogP contribution in [0.25, 0.3) is 0 Å². The van der Waals surface area contributed by atoms with Crippen molar-refractivity contribution in [3.63, 3.8) is 0 Å². The Kier molecular flexibility index (Phi) is 7.68. The number of benzene rings is 1. The van der Waals surface area contributed by atoms with Crippen molar-refractivity contribution in [3.8, 4) is 5.75 Å². The van der Waals surface area contributed by atoms with Gasteiger partial charge in [-0.2, -0.15) is 0 Å². The number of halogens is 2. The Balaban J connectivity index is 2.62. The first kappa shape index (κ1) is 18.8. The molecule has 0 aliphatic rings. The first-order valence-electron chi connectivity index (χ1n) is 6.84. The average molecular weight is 393 g/mol. The van der Waals surface area contributed by atoms with Crippen LogP contribution in [0.3, 0.4) is 0 Å². The standard InChI is InChI=1S/C15H19BrClNO4/c1-4-9(2)14(15(20)21-3)18-13(19)8-22-12-6-5-10(17)7-11(12)16/h5-7,9,14H,4,8H2,1-3H3,(H,18,19). The molecule has 1 amide bonds. The highest BCUT2D eigenvalue weighted by Gasteiger charge is 2.26. The van der Waals surface area contributed by atoms with E-state index in [1.165, 1.54) is 7.11 Å². The Labute approximate surface area is 143 Å². The molecule has 1 aromatic carbocycles. The van der Waals surface area contributed by atoms with E-state index in [1.807, 2.05) is 13.8 Å². The Morgan fingerprint density at radius 3 is 2.64 bits per heavy atom. The lowest BCUT2D eigenvalue weighted by Gasteiger charge is -2.21. The van der Waals surface area contributed by atoms with Gasteiger partial charge in [0.2, 0.25) is 0 Å². The minimum absolute atomic E-state index is 0.0290. The summed E-state index contributed by atoms with van der Waals surface area (Å²) in [5.41, 5.74) is 0. The molecule has 122 valence electrons. The van der Waals surface area contributed by atoms with Crippen molar-refractivity contribution in [2.24, 2.45) is 5.92 Å². The zero-order valence-corrected chi connectivity index (χ0v) is 15.0. The molecule has 0 aromatic heterocycles. The van der Waals surface area contributed by atoms with Crippen LogP contribution in [0.15, 0.2) is 22.7 Å². The summed E-state index contributed by atoms with van der Waals surface area (Å²) in [6.07, 6.45) is 0.740. The molecule has 2 atom stereocenters. The predicted molar refractivity (Wildman–Crippen MR) is 88.0 cm³/mol. The monoisotopic (exact) mass is 391 g/mol. The van der Waals surface area contributed by atoms with Gasteiger partial charge in [-0.1, -0.05) is 31.9 Å². The smallest absolute Gasteiger partial charge is 0.328 e. The highest BCUT2D eigenvalue weighted by molar-refractivity contribution is 9.10. The van der Waals surface area contributed by atoms with Gasteiger partial charge in [-0.25, -0.2) is 4.79 Å². The highest BCUT2D eigenvalue weighted by Crippen LogP contribution is 2.27. The summed E-state index contributed by atoms with van der Waals surface area (Å²) in [6, 6.07) is 4.31. The summed E-state index contributed by atoms with van der Waals surface area (Å²) in [7, 11) is 1.30. The van der Waals surface area contributed by atoms with Gasteiger partial charge < -0.3 is 14.8 Å². The number of nitrogens with one attached hydrogen (secondary N) is 1. The topological polar surface area (TPSA) is 64.6 Å². The Bertz CT molecular complexity index is 538. The van der Waals surface area contributed by atoms with E-state index in [9.17, 15) is 9.59 Å². The van der Waals surface area contributed by atoms with Crippen molar-refractivity contribution < 1.29 is 19.1 Å². The second-order valence-corrected chi connectivity index (χ2v) is 6.11. The first-order chi connectivity index (χ1) is 10.4. The number of methoxy groups -OCH3 is 1. The molecule has 1 rings (SSSR count). The third-order valence-corrected chi connectivity index (χ3v) is 4.09. The van der Waals surface area contributed by atoms with Gasteiger partial charge in [0.25, 0.3) is 5.91 Å². The van der Waals surface area contributed by atoms with Crippen molar-refractivity contribution >= 4 is 39.4 Å². The lowest BCUT2D eigenvalue weighted by Crippen LogP contribution is -2.47. The van der Waals surface area contributed by atoms with Gasteiger partial charge in [-0.05, 0) is 40.0 Å². The quantitative estimate of drug-likeness (QED) is 0.724. The summed E-state index contributed by atoms with van der Waals surface area (Å²) in [6.45, 7) is 3.61. The van der Waals surface area contributed by atoms with Crippen LogP contribution in [-0.2, 0) is 14.3 Å². The third kappa shape index (κ3) is 5.50. The number of esters is 1. The van der Waals surface area contributed by atoms with Gasteiger partial charge in [0.05, 0.1) is 11.6 Å². The molecule has 2 unspecified atom stereocenters. The van der Waals surface area contributed by atoms with E-state index in [0.29, 0.717) is 15.2 Å². The number of rotatable bonds is 7. The molecular weight excluding hydrogens is 374 g/mol. The molecule has 0 heterocycles. The van der Waals surface area contributed by atoms with Crippen LogP contribution in [0.4, 0.5) is 0 Å². The Hall–Kier alpha value is -1.27. The largest absolute Gasteiger partial charge is 0.483 e. The Morgan fingerprint density at radius 1 is 1.41 bits per heavy atom. The van der Waals surface area contributed by atoms with E-state index >= 15 is 0 Å². The maximum absolute atomic E-state index is 12.0. The van der Waals surface area contributed by atoms with Crippen molar-refractivity contribution in [1.29, 1.82) is 0 Å². The first-order valence-corrected chi connectivity index (χ1v) is 8.01. The van der Waals surface area contributed by atoms with Gasteiger partial charge in [0.15, 0.2) is 6.61 Å². The molecule has 1 N–H and O–H groups in total. The summed E-state index contributed by atoms with van der Waals surface area (Å²) in [5.74, 6) is -0.385. The van der Waals surface area contributed by atoms with E-state index in [1.54, 1.807) is 18.2 Å². The summed E-state index contributed by atoms with van der Waals surface area (Å²) in [5, 5.41) is 3.20. The van der Waals surface area contributed by atoms with Crippen LogP contribution < -0.4 is 10.1 Å². The molecule has 0 fully saturated rings. The number of hydrogen-bond acceptors (Lipinski definition) is 4. The zero-order valence-electron chi connectivity index (χ0n) is 12.7. The fourth-order valence-corrected chi connectivity index (χ4v) is 2.54. The molecule has 0 radical (unpaired) electrons. The van der Waals surface area contributed by atoms with E-state index in [4.69, 9.17) is 21.1 Å². The maximum Gasteiger partial charge on any atom is 0.328 e. The molecule has 7 heteroatoms. The number of carbonyl (C=O) groups is 2. The van der Waals surface area contributed by atoms with Crippen LogP contribution >= 0.6 is 27.5 Å². The molecule has 0 spiro atoms. The fourth-order valence-electron chi connectivity index (χ4n) is 1.75. The van der Waals surface area contributed by atoms with Crippen molar-refractivity contribution in [1.82, 2.24) is 5.32 Å². The van der Waals surface area contributed by atoms with Gasteiger partial charge in [0.1, 0.15) is 11.8 Å². The number of ether oxygens (including phenoxy) is 2. The zero-order chi connectivity index (χ0) is 16.7. The second kappa shape index (κ2) is 9.00. The Morgan fingerprint density at radius 2 is 2.09 bits per heavy atom. The van der Waals surface area contributed by atoms with Crippen LogP contribution in [0.2, 0.25) is 5.02 Å². The van der Waals surface area contributed by atoms with Gasteiger partial charge in [-0.3, -0.25) is 4.79 Å². The minimum atomic E-state index is -0.681. The van der Waals surface area contributed by atoms with Crippen molar-refractivity contribution in [2.75, 3.05) is 13.7 Å². The SMILES string of the molecule is CCC(C)C(NC(=O)COc1ccc(Cl)cc1Br)C(=O)OC. The summed E-state index contributed by atoms with van der Waals surface area (Å²) < 4.78 is 10.8. The number of hydrogen-bond donors (Lipinski definition) is 1. The second-order valence-electron chi connectivity index (χ2n) is 4.82. The lowest BCUT2D eigenvalue weighted by atomic mass is 9.99. The summed E-state index contributed by atoms with van der Waals surface area (Å²) in [4.78, 5) is 23.7. The number of carbonyl (C=O) groups excluding carboxylic acids is 2. The van der Waals surface area contributed by atoms with E-state index < -0.39 is 17.9 Å². The van der Waals surface area contributed by atoms with Gasteiger partial charge >= 0.3 is 5.97 Å². The van der Waals surface area contributed by atoms with Crippen LogP contribution in [0.5, 0.6) is 5.75 Å². The van der Waals surface area contributed by atoms with Crippen LogP contribution in [0, 0.1) is 5.92 Å². The van der Waals surface area contributed by atoms with Gasteiger partial charge in [0, 0.05) is 5.02 Å². The van der Waals surface area contributed by atoms with Crippen molar-refractivity contribution in [2.45, 2.75) is 26.3 Å². The molecule has 0 aliphatic carbocycles. The minimum Gasteiger partial charge on any atom is -0.483 e. The molecule has 1 aromatic rings. The number of amides is 1. The molecular formula is C15H19BrClNO4. The predicted octanol–water partition coefficient (Wildman–Crippen LogP) is 3.19. The molecule has 0 saturated carbocycles. The molecule has 22 heavy (non-hydrogen) atoms. The van der Waals surface area contributed by atoms with E-state index in [2.05, 4.69) is 21.2 Å².